The number of benzene rings is 4. The minimum absolute atomic E-state index is 0.0827. The van der Waals surface area contributed by atoms with Crippen LogP contribution in [0.15, 0.2) is 121 Å². The minimum atomic E-state index is -4.50. The summed E-state index contributed by atoms with van der Waals surface area (Å²) in [5, 5.41) is 0. The second kappa shape index (κ2) is 22.0. The van der Waals surface area contributed by atoms with Crippen LogP contribution < -0.4 is 0 Å². The van der Waals surface area contributed by atoms with Crippen molar-refractivity contribution in [2.45, 2.75) is 136 Å². The summed E-state index contributed by atoms with van der Waals surface area (Å²) in [6.07, 6.45) is -5.43. The SMILES string of the molecule is CC(C)[Si](OCC1OC(OP(=O)(OCc2ccccc2)OCc2ccccc2)[C@H](OC(=O)C(C)(C)C)C(OCc2ccccc2)[C@H]1OCc1ccccc1)(C(C)C)C(C)C. The molecule has 0 bridgehead atoms. The molecule has 1 aliphatic rings. The van der Waals surface area contributed by atoms with E-state index < -0.39 is 58.2 Å². The van der Waals surface area contributed by atoms with Gasteiger partial charge in [-0.15, -0.1) is 0 Å². The van der Waals surface area contributed by atoms with Crippen LogP contribution >= 0.6 is 7.82 Å². The van der Waals surface area contributed by atoms with Gasteiger partial charge in [-0.2, -0.15) is 0 Å². The Balaban J connectivity index is 1.61. The Morgan fingerprint density at radius 1 is 0.600 bits per heavy atom. The summed E-state index contributed by atoms with van der Waals surface area (Å²) >= 11 is 0. The molecule has 12 heteroatoms. The summed E-state index contributed by atoms with van der Waals surface area (Å²) in [6, 6.07) is 38.2. The third-order valence-electron chi connectivity index (χ3n) is 10.9. The van der Waals surface area contributed by atoms with E-state index >= 15 is 4.57 Å². The molecule has 326 valence electrons. The summed E-state index contributed by atoms with van der Waals surface area (Å²) in [5.41, 5.74) is 3.25. The Bertz CT molecular complexity index is 1840. The second-order valence-corrected chi connectivity index (χ2v) is 24.5. The maximum absolute atomic E-state index is 15.0. The zero-order chi connectivity index (χ0) is 43.3. The number of carbonyl (C=O) groups excluding carboxylic acids is 1. The Kier molecular flexibility index (Phi) is 17.5. The highest BCUT2D eigenvalue weighted by Crippen LogP contribution is 2.54. The zero-order valence-corrected chi connectivity index (χ0v) is 38.6. The number of rotatable bonds is 21. The van der Waals surface area contributed by atoms with Gasteiger partial charge < -0.3 is 23.4 Å². The molecule has 0 aliphatic carbocycles. The normalized spacial score (nSPS) is 20.2. The molecule has 1 fully saturated rings. The quantitative estimate of drug-likeness (QED) is 0.0456. The Morgan fingerprint density at radius 2 is 0.983 bits per heavy atom. The number of hydrogen-bond acceptors (Lipinski definition) is 10. The van der Waals surface area contributed by atoms with Crippen LogP contribution in [-0.2, 0) is 72.7 Å². The summed E-state index contributed by atoms with van der Waals surface area (Å²) in [7, 11) is -6.96. The highest BCUT2D eigenvalue weighted by atomic mass is 31.2. The minimum Gasteiger partial charge on any atom is -0.454 e. The smallest absolute Gasteiger partial charge is 0.454 e. The third-order valence-corrected chi connectivity index (χ3v) is 18.4. The summed E-state index contributed by atoms with van der Waals surface area (Å²) < 4.78 is 67.8. The Hall–Kier alpha value is -3.48. The van der Waals surface area contributed by atoms with E-state index in [-0.39, 0.29) is 49.7 Å². The van der Waals surface area contributed by atoms with E-state index in [0.717, 1.165) is 22.3 Å². The Morgan fingerprint density at radius 3 is 1.37 bits per heavy atom. The predicted molar refractivity (Wildman–Crippen MR) is 236 cm³/mol. The summed E-state index contributed by atoms with van der Waals surface area (Å²) in [5.74, 6) is -0.536. The number of carbonyl (C=O) groups is 1. The third kappa shape index (κ3) is 13.0. The highest BCUT2D eigenvalue weighted by molar-refractivity contribution is 7.48. The van der Waals surface area contributed by atoms with Crippen molar-refractivity contribution < 1.29 is 46.3 Å². The lowest BCUT2D eigenvalue weighted by atomic mass is 9.95. The van der Waals surface area contributed by atoms with E-state index in [1.54, 1.807) is 20.8 Å². The molecule has 0 amide bonds. The summed E-state index contributed by atoms with van der Waals surface area (Å²) in [6.45, 7) is 18.9. The first-order chi connectivity index (χ1) is 28.6. The van der Waals surface area contributed by atoms with Crippen LogP contribution in [0.2, 0.25) is 16.6 Å². The number of hydrogen-bond donors (Lipinski definition) is 0. The molecule has 10 nitrogen and oxygen atoms in total. The predicted octanol–water partition coefficient (Wildman–Crippen LogP) is 11.6. The van der Waals surface area contributed by atoms with Crippen molar-refractivity contribution in [2.75, 3.05) is 6.61 Å². The Labute approximate surface area is 358 Å². The van der Waals surface area contributed by atoms with Crippen molar-refractivity contribution in [1.82, 2.24) is 0 Å². The first kappa shape index (κ1) is 47.6. The molecule has 5 atom stereocenters. The molecular formula is C48H65O10PSi. The van der Waals surface area contributed by atoms with E-state index in [2.05, 4.69) is 41.5 Å². The van der Waals surface area contributed by atoms with Gasteiger partial charge in [-0.25, -0.2) is 4.57 Å². The lowest BCUT2D eigenvalue weighted by molar-refractivity contribution is -0.304. The van der Waals surface area contributed by atoms with Gasteiger partial charge in [0.2, 0.25) is 6.29 Å². The number of phosphoric acid groups is 1. The van der Waals surface area contributed by atoms with Crippen LogP contribution in [0.3, 0.4) is 0 Å². The first-order valence-corrected chi connectivity index (χ1v) is 24.7. The van der Waals surface area contributed by atoms with Crippen molar-refractivity contribution in [3.8, 4) is 0 Å². The molecule has 4 aromatic carbocycles. The van der Waals surface area contributed by atoms with Crippen LogP contribution in [0.1, 0.15) is 84.6 Å². The van der Waals surface area contributed by atoms with Crippen LogP contribution in [-0.4, -0.2) is 51.6 Å². The fraction of sp³-hybridized carbons (Fsp3) is 0.479. The van der Waals surface area contributed by atoms with Crippen LogP contribution in [0.5, 0.6) is 0 Å². The average Bonchev–Trinajstić information content (AvgIpc) is 3.23. The molecular weight excluding hydrogens is 796 g/mol. The van der Waals surface area contributed by atoms with Gasteiger partial charge in [0, 0.05) is 0 Å². The molecule has 4 aromatic rings. The molecule has 1 saturated heterocycles. The first-order valence-electron chi connectivity index (χ1n) is 21.1. The molecule has 1 heterocycles. The molecule has 5 rings (SSSR count). The molecule has 60 heavy (non-hydrogen) atoms. The van der Waals surface area contributed by atoms with Crippen molar-refractivity contribution in [1.29, 1.82) is 0 Å². The van der Waals surface area contributed by atoms with Gasteiger partial charge >= 0.3 is 13.8 Å². The molecule has 0 saturated carbocycles. The lowest BCUT2D eigenvalue weighted by Crippen LogP contribution is -2.63. The number of ether oxygens (including phenoxy) is 4. The van der Waals surface area contributed by atoms with E-state index in [1.807, 2.05) is 121 Å². The maximum atomic E-state index is 15.0. The van der Waals surface area contributed by atoms with Gasteiger partial charge in [0.25, 0.3) is 0 Å². The molecule has 0 spiro atoms. The van der Waals surface area contributed by atoms with Gasteiger partial charge in [0.15, 0.2) is 14.4 Å². The summed E-state index contributed by atoms with van der Waals surface area (Å²) in [4.78, 5) is 14.0. The van der Waals surface area contributed by atoms with Crippen molar-refractivity contribution >= 4 is 22.1 Å². The van der Waals surface area contributed by atoms with Crippen LogP contribution in [0.4, 0.5) is 0 Å². The van der Waals surface area contributed by atoms with E-state index in [4.69, 9.17) is 36.9 Å². The molecule has 1 aliphatic heterocycles. The molecule has 0 aromatic heterocycles. The van der Waals surface area contributed by atoms with E-state index in [9.17, 15) is 4.79 Å². The van der Waals surface area contributed by atoms with E-state index in [1.165, 1.54) is 0 Å². The van der Waals surface area contributed by atoms with Crippen LogP contribution in [0.25, 0.3) is 0 Å². The van der Waals surface area contributed by atoms with Crippen LogP contribution in [0, 0.1) is 5.41 Å². The molecule has 0 radical (unpaired) electrons. The number of esters is 1. The van der Waals surface area contributed by atoms with Gasteiger partial charge in [0.1, 0.15) is 18.3 Å². The van der Waals surface area contributed by atoms with Gasteiger partial charge in [-0.3, -0.25) is 18.4 Å². The molecule has 3 unspecified atom stereocenters. The fourth-order valence-electron chi connectivity index (χ4n) is 7.86. The van der Waals surface area contributed by atoms with Gasteiger partial charge in [-0.1, -0.05) is 163 Å². The monoisotopic (exact) mass is 860 g/mol. The fourth-order valence-corrected chi connectivity index (χ4v) is 14.5. The van der Waals surface area contributed by atoms with Gasteiger partial charge in [-0.05, 0) is 59.6 Å². The number of phosphoric ester groups is 1. The average molecular weight is 861 g/mol. The van der Waals surface area contributed by atoms with Crippen molar-refractivity contribution in [2.24, 2.45) is 5.41 Å². The highest BCUT2D eigenvalue weighted by Gasteiger charge is 2.55. The zero-order valence-electron chi connectivity index (χ0n) is 36.7. The maximum Gasteiger partial charge on any atom is 0.477 e. The largest absolute Gasteiger partial charge is 0.477 e. The van der Waals surface area contributed by atoms with Crippen molar-refractivity contribution in [3.05, 3.63) is 144 Å². The second-order valence-electron chi connectivity index (χ2n) is 17.4. The van der Waals surface area contributed by atoms with Crippen molar-refractivity contribution in [3.63, 3.8) is 0 Å². The molecule has 0 N–H and O–H groups in total. The van der Waals surface area contributed by atoms with E-state index in [0.29, 0.717) is 0 Å². The standard InChI is InChI=1S/C48H65O10PSi/c1-35(2)60(36(3)4,37(5)6)55-34-42-43(51-30-38-22-14-10-15-23-38)44(52-31-39-24-16-11-17-25-39)45(57-47(49)48(7,8)9)46(56-42)58-59(50,53-32-40-26-18-12-19-27-40)54-33-41-28-20-13-21-29-41/h10-29,35-37,42-46H,30-34H2,1-9H3/t42?,43-,44?,45+,46?/m0/s1. The topological polar surface area (TPSA) is 108 Å². The lowest BCUT2D eigenvalue weighted by Gasteiger charge is -2.48. The van der Waals surface area contributed by atoms with Gasteiger partial charge in [0.05, 0.1) is 38.4 Å².